The highest BCUT2D eigenvalue weighted by Crippen LogP contribution is 2.25. The Hall–Kier alpha value is -3.89. The van der Waals surface area contributed by atoms with E-state index in [1.807, 2.05) is 50.1 Å². The number of ether oxygens (including phenoxy) is 1. The van der Waals surface area contributed by atoms with Crippen molar-refractivity contribution in [1.82, 2.24) is 20.2 Å². The minimum absolute atomic E-state index is 0.0594. The number of primary amides is 1. The monoisotopic (exact) mass is 527 g/mol. The van der Waals surface area contributed by atoms with Gasteiger partial charge in [0.15, 0.2) is 17.3 Å². The fourth-order valence-corrected chi connectivity index (χ4v) is 3.43. The van der Waals surface area contributed by atoms with Gasteiger partial charge in [0.1, 0.15) is 11.6 Å². The van der Waals surface area contributed by atoms with E-state index in [9.17, 15) is 14.4 Å². The van der Waals surface area contributed by atoms with Crippen LogP contribution in [0.1, 0.15) is 63.3 Å². The molecule has 0 aliphatic rings. The zero-order valence-electron chi connectivity index (χ0n) is 23.9. The lowest BCUT2D eigenvalue weighted by Crippen LogP contribution is -2.47. The average Bonchev–Trinajstić information content (AvgIpc) is 2.82. The summed E-state index contributed by atoms with van der Waals surface area (Å²) in [5.74, 6) is -0.0337. The first-order valence-electron chi connectivity index (χ1n) is 12.6. The van der Waals surface area contributed by atoms with Gasteiger partial charge in [-0.15, -0.1) is 0 Å². The highest BCUT2D eigenvalue weighted by Gasteiger charge is 2.26. The molecule has 0 spiro atoms. The van der Waals surface area contributed by atoms with Crippen LogP contribution in [-0.2, 0) is 16.0 Å². The van der Waals surface area contributed by atoms with Gasteiger partial charge in [-0.25, -0.2) is 14.8 Å². The number of amides is 3. The Balaban J connectivity index is 2.09. The Morgan fingerprint density at radius 2 is 1.76 bits per heavy atom. The molecule has 4 N–H and O–H groups in total. The molecule has 0 radical (unpaired) electrons. The molecule has 1 aromatic carbocycles. The standard InChI is InChI=1S/C27H41N7O4/c1-16(2)33(8)24-17(3)30-21(22(28)35)23(32-24)31-20-12-10-11-19(15-20)13-14-29-25(36)18(4)34(9)26(37)38-27(5,6)7/h10-12,15-16,18H,13-14H2,1-9H3,(H2,28,35)(H,29,36)(H,31,32)/t18-/m0/s1. The van der Waals surface area contributed by atoms with Gasteiger partial charge in [0.2, 0.25) is 5.91 Å². The van der Waals surface area contributed by atoms with E-state index in [1.54, 1.807) is 34.6 Å². The van der Waals surface area contributed by atoms with Gasteiger partial charge in [-0.05, 0) is 72.6 Å². The SMILES string of the molecule is Cc1nc(C(N)=O)c(Nc2cccc(CCNC(=O)[C@H](C)N(C)C(=O)OC(C)(C)C)c2)nc1N(C)C(C)C. The zero-order chi connectivity index (χ0) is 28.8. The molecule has 0 bridgehead atoms. The van der Waals surface area contributed by atoms with Crippen LogP contribution in [0.2, 0.25) is 0 Å². The fraction of sp³-hybridized carbons (Fsp3) is 0.519. The van der Waals surface area contributed by atoms with Crippen molar-refractivity contribution in [3.8, 4) is 0 Å². The average molecular weight is 528 g/mol. The van der Waals surface area contributed by atoms with E-state index < -0.39 is 23.6 Å². The number of hydrogen-bond acceptors (Lipinski definition) is 8. The molecule has 2 rings (SSSR count). The summed E-state index contributed by atoms with van der Waals surface area (Å²) in [5.41, 5.74) is 7.24. The molecule has 3 amide bonds. The summed E-state index contributed by atoms with van der Waals surface area (Å²) in [7, 11) is 3.45. The fourth-order valence-electron chi connectivity index (χ4n) is 3.43. The van der Waals surface area contributed by atoms with Crippen molar-refractivity contribution in [3.05, 3.63) is 41.2 Å². The number of nitrogens with two attached hydrogens (primary N) is 1. The quantitative estimate of drug-likeness (QED) is 0.427. The number of aromatic nitrogens is 2. The van der Waals surface area contributed by atoms with Crippen LogP contribution < -0.4 is 21.3 Å². The molecule has 1 heterocycles. The van der Waals surface area contributed by atoms with Gasteiger partial charge in [-0.3, -0.25) is 14.5 Å². The number of carbonyl (C=O) groups excluding carboxylic acids is 3. The molecule has 0 saturated heterocycles. The van der Waals surface area contributed by atoms with Crippen LogP contribution in [0.5, 0.6) is 0 Å². The van der Waals surface area contributed by atoms with Crippen molar-refractivity contribution in [2.45, 2.75) is 72.6 Å². The summed E-state index contributed by atoms with van der Waals surface area (Å²) in [6, 6.07) is 7.04. The van der Waals surface area contributed by atoms with Crippen LogP contribution in [-0.4, -0.2) is 71.1 Å². The molecule has 0 fully saturated rings. The van der Waals surface area contributed by atoms with E-state index in [2.05, 4.69) is 20.6 Å². The number of rotatable bonds is 10. The Morgan fingerprint density at radius 3 is 2.34 bits per heavy atom. The molecule has 0 aliphatic heterocycles. The summed E-state index contributed by atoms with van der Waals surface area (Å²) in [5, 5.41) is 6.03. The maximum Gasteiger partial charge on any atom is 0.410 e. The molecule has 38 heavy (non-hydrogen) atoms. The number of aryl methyl sites for hydroxylation is 1. The van der Waals surface area contributed by atoms with Gasteiger partial charge in [0.05, 0.1) is 5.69 Å². The predicted molar refractivity (Wildman–Crippen MR) is 149 cm³/mol. The Morgan fingerprint density at radius 1 is 1.11 bits per heavy atom. The van der Waals surface area contributed by atoms with Gasteiger partial charge in [-0.2, -0.15) is 0 Å². The van der Waals surface area contributed by atoms with Crippen LogP contribution in [0, 0.1) is 6.92 Å². The first-order valence-corrected chi connectivity index (χ1v) is 12.6. The second-order valence-electron chi connectivity index (χ2n) is 10.5. The molecular weight excluding hydrogens is 486 g/mol. The third kappa shape index (κ3) is 8.32. The van der Waals surface area contributed by atoms with Gasteiger partial charge in [0, 0.05) is 32.4 Å². The summed E-state index contributed by atoms with van der Waals surface area (Å²) in [6.07, 6.45) is -0.00974. The highest BCUT2D eigenvalue weighted by atomic mass is 16.6. The smallest absolute Gasteiger partial charge is 0.410 e. The molecular formula is C27H41N7O4. The van der Waals surface area contributed by atoms with E-state index in [1.165, 1.54) is 11.9 Å². The lowest BCUT2D eigenvalue weighted by molar-refractivity contribution is -0.125. The van der Waals surface area contributed by atoms with Crippen LogP contribution in [0.25, 0.3) is 0 Å². The number of likely N-dealkylation sites (N-methyl/N-ethyl adjacent to an activating group) is 1. The lowest BCUT2D eigenvalue weighted by atomic mass is 10.1. The highest BCUT2D eigenvalue weighted by molar-refractivity contribution is 5.96. The van der Waals surface area contributed by atoms with Crippen LogP contribution >= 0.6 is 0 Å². The second-order valence-corrected chi connectivity index (χ2v) is 10.5. The second kappa shape index (κ2) is 12.6. The molecule has 2 aromatic rings. The normalized spacial score (nSPS) is 12.1. The van der Waals surface area contributed by atoms with Crippen molar-refractivity contribution in [1.29, 1.82) is 0 Å². The molecule has 0 aliphatic carbocycles. The molecule has 11 nitrogen and oxygen atoms in total. The van der Waals surface area contributed by atoms with Crippen molar-refractivity contribution in [3.63, 3.8) is 0 Å². The Labute approximate surface area is 225 Å². The first kappa shape index (κ1) is 30.3. The molecule has 208 valence electrons. The zero-order valence-corrected chi connectivity index (χ0v) is 23.9. The molecule has 1 aromatic heterocycles. The molecule has 0 unspecified atom stereocenters. The third-order valence-electron chi connectivity index (χ3n) is 5.93. The van der Waals surface area contributed by atoms with Crippen molar-refractivity contribution >= 4 is 35.2 Å². The van der Waals surface area contributed by atoms with E-state index >= 15 is 0 Å². The summed E-state index contributed by atoms with van der Waals surface area (Å²) in [4.78, 5) is 49.2. The topological polar surface area (TPSA) is 143 Å². The lowest BCUT2D eigenvalue weighted by Gasteiger charge is -2.28. The number of anilines is 3. The van der Waals surface area contributed by atoms with Gasteiger partial charge < -0.3 is 26.0 Å². The number of nitrogens with zero attached hydrogens (tertiary/aromatic N) is 4. The summed E-state index contributed by atoms with van der Waals surface area (Å²) >= 11 is 0. The van der Waals surface area contributed by atoms with E-state index in [0.29, 0.717) is 30.2 Å². The third-order valence-corrected chi connectivity index (χ3v) is 5.93. The van der Waals surface area contributed by atoms with Gasteiger partial charge in [0.25, 0.3) is 5.91 Å². The maximum absolute atomic E-state index is 12.6. The maximum atomic E-state index is 12.6. The minimum atomic E-state index is -0.691. The van der Waals surface area contributed by atoms with Gasteiger partial charge in [-0.1, -0.05) is 12.1 Å². The van der Waals surface area contributed by atoms with Crippen LogP contribution in [0.15, 0.2) is 24.3 Å². The van der Waals surface area contributed by atoms with Crippen LogP contribution in [0.4, 0.5) is 22.1 Å². The largest absolute Gasteiger partial charge is 0.444 e. The van der Waals surface area contributed by atoms with E-state index in [-0.39, 0.29) is 23.5 Å². The van der Waals surface area contributed by atoms with Crippen molar-refractivity contribution in [2.24, 2.45) is 5.73 Å². The molecule has 11 heteroatoms. The number of benzene rings is 1. The van der Waals surface area contributed by atoms with E-state index in [0.717, 1.165) is 5.56 Å². The van der Waals surface area contributed by atoms with Gasteiger partial charge >= 0.3 is 6.09 Å². The van der Waals surface area contributed by atoms with Crippen molar-refractivity contribution in [2.75, 3.05) is 30.9 Å². The number of hydrogen-bond donors (Lipinski definition) is 3. The van der Waals surface area contributed by atoms with Crippen molar-refractivity contribution < 1.29 is 19.1 Å². The van der Waals surface area contributed by atoms with Crippen LogP contribution in [0.3, 0.4) is 0 Å². The molecule has 1 atom stereocenters. The minimum Gasteiger partial charge on any atom is -0.444 e. The Kier molecular flexibility index (Phi) is 10.0. The summed E-state index contributed by atoms with van der Waals surface area (Å²) < 4.78 is 5.33. The molecule has 0 saturated carbocycles. The first-order chi connectivity index (χ1) is 17.6. The number of carbonyl (C=O) groups is 3. The summed E-state index contributed by atoms with van der Waals surface area (Å²) in [6.45, 7) is 13.2. The Bertz CT molecular complexity index is 1160. The van der Waals surface area contributed by atoms with E-state index in [4.69, 9.17) is 10.5 Å². The predicted octanol–water partition coefficient (Wildman–Crippen LogP) is 3.39. The number of nitrogens with one attached hydrogen (secondary N) is 2.